The first kappa shape index (κ1) is 18.6. The monoisotopic (exact) mass is 433 g/mol. The molecule has 2 aromatic carbocycles. The summed E-state index contributed by atoms with van der Waals surface area (Å²) in [5.41, 5.74) is 0.489. The summed E-state index contributed by atoms with van der Waals surface area (Å²) in [5, 5.41) is 9.44. The number of ether oxygens (including phenoxy) is 1. The van der Waals surface area contributed by atoms with E-state index in [0.29, 0.717) is 10.0 Å². The number of aromatic carboxylic acids is 1. The highest BCUT2D eigenvalue weighted by Gasteiger charge is 2.24. The van der Waals surface area contributed by atoms with Crippen molar-refractivity contribution in [2.45, 2.75) is 11.8 Å². The van der Waals surface area contributed by atoms with E-state index in [1.807, 2.05) is 0 Å². The SMILES string of the molecule is COc1c(Br)cc(Cl)cc1S(=O)(=O)Nc1ccc(C)cc1C(=O)O. The van der Waals surface area contributed by atoms with Crippen molar-refractivity contribution < 1.29 is 23.1 Å². The predicted molar refractivity (Wildman–Crippen MR) is 94.7 cm³/mol. The summed E-state index contributed by atoms with van der Waals surface area (Å²) >= 11 is 9.11. The number of hydrogen-bond donors (Lipinski definition) is 2. The fourth-order valence-corrected chi connectivity index (χ4v) is 4.52. The quantitative estimate of drug-likeness (QED) is 0.744. The molecular weight excluding hydrogens is 422 g/mol. The molecule has 2 N–H and O–H groups in total. The molecule has 0 aliphatic rings. The molecule has 128 valence electrons. The number of carboxylic acids is 1. The average Bonchev–Trinajstić information content (AvgIpc) is 2.48. The molecular formula is C15H13BrClNO5S. The Bertz CT molecular complexity index is 914. The molecule has 9 heteroatoms. The second kappa shape index (κ2) is 7.00. The molecule has 2 rings (SSSR count). The number of hydrogen-bond acceptors (Lipinski definition) is 4. The van der Waals surface area contributed by atoms with Crippen molar-refractivity contribution in [3.05, 3.63) is 51.0 Å². The Kier molecular flexibility index (Phi) is 5.42. The van der Waals surface area contributed by atoms with Gasteiger partial charge in [-0.1, -0.05) is 23.2 Å². The first-order chi connectivity index (χ1) is 11.2. The Morgan fingerprint density at radius 2 is 1.96 bits per heavy atom. The van der Waals surface area contributed by atoms with Crippen LogP contribution in [-0.4, -0.2) is 26.6 Å². The molecule has 0 amide bonds. The summed E-state index contributed by atoms with van der Waals surface area (Å²) in [7, 11) is -2.80. The van der Waals surface area contributed by atoms with Crippen LogP contribution in [0.5, 0.6) is 5.75 Å². The fourth-order valence-electron chi connectivity index (χ4n) is 2.06. The maximum absolute atomic E-state index is 12.7. The third-order valence-electron chi connectivity index (χ3n) is 3.12. The number of benzene rings is 2. The number of methoxy groups -OCH3 is 1. The lowest BCUT2D eigenvalue weighted by Crippen LogP contribution is -2.16. The number of carboxylic acid groups (broad SMARTS) is 1. The van der Waals surface area contributed by atoms with Gasteiger partial charge in [0.05, 0.1) is 22.8 Å². The van der Waals surface area contributed by atoms with E-state index in [1.54, 1.807) is 13.0 Å². The molecule has 0 radical (unpaired) electrons. The highest BCUT2D eigenvalue weighted by molar-refractivity contribution is 9.10. The number of nitrogens with one attached hydrogen (secondary N) is 1. The first-order valence-corrected chi connectivity index (χ1v) is 9.21. The Balaban J connectivity index is 2.57. The lowest BCUT2D eigenvalue weighted by molar-refractivity contribution is 0.0698. The van der Waals surface area contributed by atoms with E-state index in [4.69, 9.17) is 16.3 Å². The van der Waals surface area contributed by atoms with Crippen LogP contribution < -0.4 is 9.46 Å². The molecule has 0 unspecified atom stereocenters. The van der Waals surface area contributed by atoms with Crippen LogP contribution >= 0.6 is 27.5 Å². The van der Waals surface area contributed by atoms with E-state index in [9.17, 15) is 18.3 Å². The number of carbonyl (C=O) groups is 1. The number of aryl methyl sites for hydroxylation is 1. The molecule has 0 aromatic heterocycles. The topological polar surface area (TPSA) is 92.7 Å². The molecule has 0 aliphatic carbocycles. The van der Waals surface area contributed by atoms with Gasteiger partial charge >= 0.3 is 5.97 Å². The summed E-state index contributed by atoms with van der Waals surface area (Å²) in [6.45, 7) is 1.71. The third-order valence-corrected chi connectivity index (χ3v) is 5.30. The number of rotatable bonds is 5. The van der Waals surface area contributed by atoms with Gasteiger partial charge in [-0.2, -0.15) is 0 Å². The molecule has 0 saturated carbocycles. The largest absolute Gasteiger partial charge is 0.494 e. The lowest BCUT2D eigenvalue weighted by Gasteiger charge is -2.15. The van der Waals surface area contributed by atoms with Gasteiger partial charge in [0.1, 0.15) is 4.90 Å². The van der Waals surface area contributed by atoms with E-state index in [2.05, 4.69) is 20.7 Å². The minimum Gasteiger partial charge on any atom is -0.494 e. The van der Waals surface area contributed by atoms with Crippen LogP contribution in [0, 0.1) is 6.92 Å². The number of halogens is 2. The van der Waals surface area contributed by atoms with Crippen LogP contribution in [0.25, 0.3) is 0 Å². The van der Waals surface area contributed by atoms with Crippen molar-refractivity contribution in [1.82, 2.24) is 0 Å². The highest BCUT2D eigenvalue weighted by Crippen LogP contribution is 2.36. The molecule has 0 bridgehead atoms. The van der Waals surface area contributed by atoms with E-state index in [0.717, 1.165) is 0 Å². The number of sulfonamides is 1. The average molecular weight is 435 g/mol. The van der Waals surface area contributed by atoms with Gasteiger partial charge in [-0.25, -0.2) is 13.2 Å². The Morgan fingerprint density at radius 3 is 2.54 bits per heavy atom. The lowest BCUT2D eigenvalue weighted by atomic mass is 10.1. The summed E-state index contributed by atoms with van der Waals surface area (Å²) in [6, 6.07) is 7.10. The van der Waals surface area contributed by atoms with Gasteiger partial charge in [-0.15, -0.1) is 0 Å². The van der Waals surface area contributed by atoms with Crippen LogP contribution in [0.15, 0.2) is 39.7 Å². The van der Waals surface area contributed by atoms with E-state index in [1.165, 1.54) is 31.4 Å². The standard InChI is InChI=1S/C15H13BrClNO5S/c1-8-3-4-12(10(5-8)15(19)20)18-24(21,22)13-7-9(17)6-11(16)14(13)23-2/h3-7,18H,1-2H3,(H,19,20). The summed E-state index contributed by atoms with van der Waals surface area (Å²) in [5.74, 6) is -1.17. The van der Waals surface area contributed by atoms with Crippen molar-refractivity contribution in [3.8, 4) is 5.75 Å². The van der Waals surface area contributed by atoms with Gasteiger partial charge in [0.15, 0.2) is 5.75 Å². The van der Waals surface area contributed by atoms with Gasteiger partial charge in [-0.3, -0.25) is 4.72 Å². The fraction of sp³-hybridized carbons (Fsp3) is 0.133. The molecule has 24 heavy (non-hydrogen) atoms. The van der Waals surface area contributed by atoms with Gasteiger partial charge in [0.2, 0.25) is 0 Å². The summed E-state index contributed by atoms with van der Waals surface area (Å²) in [6.07, 6.45) is 0. The van der Waals surface area contributed by atoms with Crippen molar-refractivity contribution in [2.75, 3.05) is 11.8 Å². The zero-order valence-electron chi connectivity index (χ0n) is 12.6. The van der Waals surface area contributed by atoms with Crippen molar-refractivity contribution in [3.63, 3.8) is 0 Å². The normalized spacial score (nSPS) is 11.2. The zero-order valence-corrected chi connectivity index (χ0v) is 15.8. The summed E-state index contributed by atoms with van der Waals surface area (Å²) in [4.78, 5) is 11.1. The molecule has 0 aliphatic heterocycles. The smallest absolute Gasteiger partial charge is 0.337 e. The van der Waals surface area contributed by atoms with Crippen LogP contribution in [0.2, 0.25) is 5.02 Å². The Hall–Kier alpha value is -1.77. The highest BCUT2D eigenvalue weighted by atomic mass is 79.9. The zero-order chi connectivity index (χ0) is 18.1. The van der Waals surface area contributed by atoms with E-state index < -0.39 is 16.0 Å². The second-order valence-corrected chi connectivity index (χ2v) is 7.82. The maximum atomic E-state index is 12.7. The van der Waals surface area contributed by atoms with Gasteiger partial charge in [-0.05, 0) is 47.1 Å². The Labute approximate surface area is 152 Å². The second-order valence-electron chi connectivity index (χ2n) is 4.88. The minimum absolute atomic E-state index is 0.0498. The van der Waals surface area contributed by atoms with Gasteiger partial charge in [0.25, 0.3) is 10.0 Å². The van der Waals surface area contributed by atoms with Crippen LogP contribution in [0.1, 0.15) is 15.9 Å². The molecule has 0 fully saturated rings. The van der Waals surface area contributed by atoms with Gasteiger partial charge in [0, 0.05) is 5.02 Å². The van der Waals surface area contributed by atoms with Crippen molar-refractivity contribution >= 4 is 49.2 Å². The van der Waals surface area contributed by atoms with E-state index in [-0.39, 0.29) is 26.9 Å². The Morgan fingerprint density at radius 1 is 1.29 bits per heavy atom. The van der Waals surface area contributed by atoms with Crippen LogP contribution in [-0.2, 0) is 10.0 Å². The molecule has 0 atom stereocenters. The van der Waals surface area contributed by atoms with E-state index >= 15 is 0 Å². The van der Waals surface area contributed by atoms with Crippen LogP contribution in [0.3, 0.4) is 0 Å². The van der Waals surface area contributed by atoms with Gasteiger partial charge < -0.3 is 9.84 Å². The van der Waals surface area contributed by atoms with Crippen molar-refractivity contribution in [1.29, 1.82) is 0 Å². The predicted octanol–water partition coefficient (Wildman–Crippen LogP) is 3.92. The molecule has 6 nitrogen and oxygen atoms in total. The summed E-state index contributed by atoms with van der Waals surface area (Å²) < 4.78 is 33.1. The molecule has 0 heterocycles. The first-order valence-electron chi connectivity index (χ1n) is 6.55. The maximum Gasteiger partial charge on any atom is 0.337 e. The molecule has 0 saturated heterocycles. The molecule has 0 spiro atoms. The number of anilines is 1. The van der Waals surface area contributed by atoms with Crippen molar-refractivity contribution in [2.24, 2.45) is 0 Å². The molecule has 2 aromatic rings. The van der Waals surface area contributed by atoms with Crippen LogP contribution in [0.4, 0.5) is 5.69 Å². The minimum atomic E-state index is -4.12. The third kappa shape index (κ3) is 3.82.